The van der Waals surface area contributed by atoms with Crippen molar-refractivity contribution in [2.45, 2.75) is 18.4 Å². The van der Waals surface area contributed by atoms with E-state index < -0.39 is 144 Å². The molecule has 1 heterocycles. The van der Waals surface area contributed by atoms with Gasteiger partial charge in [0.05, 0.1) is 11.7 Å². The fourth-order valence-electron chi connectivity index (χ4n) is 1.82. The van der Waals surface area contributed by atoms with Gasteiger partial charge in [0.1, 0.15) is 5.69 Å². The van der Waals surface area contributed by atoms with Crippen LogP contribution in [0.2, 0.25) is 0 Å². The van der Waals surface area contributed by atoms with Gasteiger partial charge in [0.2, 0.25) is 6.43 Å². The molecule has 2 atom stereocenters. The molecule has 0 saturated heterocycles. The Kier molecular flexibility index (Phi) is 61.1. The van der Waals surface area contributed by atoms with Crippen LogP contribution in [0.25, 0.3) is 0 Å². The van der Waals surface area contributed by atoms with Crippen molar-refractivity contribution in [3.63, 3.8) is 0 Å². The van der Waals surface area contributed by atoms with Crippen LogP contribution in [-0.2, 0) is 5.54 Å². The Bertz CT molecular complexity index is 1060. The van der Waals surface area contributed by atoms with Crippen molar-refractivity contribution in [3.8, 4) is 0 Å². The van der Waals surface area contributed by atoms with E-state index in [1.807, 2.05) is 0 Å². The minimum atomic E-state index is -2.37. The molecule has 0 spiro atoms. The SMILES string of the molecule is I[I-]I(I)I(I)I(I)I(I)I(I)I(I)I(I)I(I)I(I)I(I)I(I)I(I)I(I)I(I)I(I)I(I)I(I)I.N[C@]1(c2cn[nH]n2)C[C@H]1C(F)F. The molecule has 0 unspecified atom stereocenters. The molecule has 0 aliphatic heterocycles. The van der Waals surface area contributed by atoms with Crippen molar-refractivity contribution in [2.24, 2.45) is 11.7 Å². The quantitative estimate of drug-likeness (QED) is 0.136. The van der Waals surface area contributed by atoms with Crippen LogP contribution in [0.4, 0.5) is 8.78 Å². The van der Waals surface area contributed by atoms with Gasteiger partial charge >= 0.3 is 501 Å². The predicted octanol–water partition coefficient (Wildman–Crippen LogP) is 29.1. The van der Waals surface area contributed by atoms with Crippen LogP contribution in [0.15, 0.2) is 6.20 Å². The van der Waals surface area contributed by atoms with E-state index in [0.717, 1.165) is 0 Å². The first-order valence-corrected chi connectivity index (χ1v) is 235. The molecule has 326 valence electrons. The number of hydrogen-bond acceptors (Lipinski definition) is 3. The molecular weight excluding hydrogens is 4860 g/mol. The van der Waals surface area contributed by atoms with Gasteiger partial charge in [-0.15, -0.1) is 0 Å². The van der Waals surface area contributed by atoms with Gasteiger partial charge in [-0.2, -0.15) is 15.4 Å². The Morgan fingerprint density at radius 2 is 0.918 bits per heavy atom. The molecule has 43 heteroatoms. The van der Waals surface area contributed by atoms with Gasteiger partial charge in [0, 0.05) is 5.92 Å². The van der Waals surface area contributed by atoms with Gasteiger partial charge in [-0.05, 0) is 6.42 Å². The molecule has 0 radical (unpaired) electrons. The van der Waals surface area contributed by atoms with Gasteiger partial charge in [0.25, 0.3) is 0 Å². The van der Waals surface area contributed by atoms with Gasteiger partial charge < -0.3 is 5.73 Å². The fourth-order valence-corrected chi connectivity index (χ4v) is 6500. The first-order valence-electron chi connectivity index (χ1n) is 8.72. The van der Waals surface area contributed by atoms with Crippen LogP contribution in [0.5, 0.6) is 0 Å². The minimum Gasteiger partial charge on any atom is -0.320 e. The third-order valence-corrected chi connectivity index (χ3v) is 2730. The zero-order chi connectivity index (χ0) is 38.3. The molecule has 1 aliphatic carbocycles. The van der Waals surface area contributed by atoms with E-state index >= 15 is 0 Å². The number of halogens is 39. The number of alkyl halides is 2. The van der Waals surface area contributed by atoms with E-state index in [-0.39, 0.29) is 14.3 Å². The molecule has 2 rings (SSSR count). The van der Waals surface area contributed by atoms with E-state index in [9.17, 15) is 8.78 Å². The number of nitrogens with two attached hydrogens (primary N) is 1. The summed E-state index contributed by atoms with van der Waals surface area (Å²) in [6.45, 7) is 0. The Hall–Kier alpha value is 26.0. The molecular formula is C6H8F2I37N4-. The summed E-state index contributed by atoms with van der Waals surface area (Å²) in [4.78, 5) is 0. The van der Waals surface area contributed by atoms with E-state index in [0.29, 0.717) is 18.9 Å². The standard InChI is InChI=1S/C6H8F2N4.I37/c7-5(8)3-1-6(3,9)4-2-10-12-11-4;1-20-22(4)24(6)26(8)28(10)30(12)32(14)34(16)36(18)37(19)35(17)33(15)31(13)29(11)27(9)25(7)23(5)21(2)3/h2-3,5H,1,9H2,(H,10,11,12);/q;-1/t3-,6+;/m0./s1. The first kappa shape index (κ1) is 73.0. The first-order chi connectivity index (χ1) is 22.5. The van der Waals surface area contributed by atoms with Crippen LogP contribution >= 0.6 is 488 Å². The summed E-state index contributed by atoms with van der Waals surface area (Å²) < 4.78 is 24.3. The third-order valence-electron chi connectivity index (χ3n) is 3.60. The summed E-state index contributed by atoms with van der Waals surface area (Å²) in [5.41, 5.74) is 5.14. The maximum Gasteiger partial charge on any atom is 0.243 e. The topological polar surface area (TPSA) is 67.6 Å². The number of H-pyrrole nitrogens is 1. The van der Waals surface area contributed by atoms with E-state index in [1.54, 1.807) is 0 Å². The summed E-state index contributed by atoms with van der Waals surface area (Å²) in [5, 5.41) is 9.56. The monoisotopic (exact) mass is 4870 g/mol. The molecule has 0 bridgehead atoms. The third kappa shape index (κ3) is 27.5. The van der Waals surface area contributed by atoms with Crippen LogP contribution in [0, 0.1) is 5.92 Å². The van der Waals surface area contributed by atoms with Crippen molar-refractivity contribution in [1.82, 2.24) is 15.4 Å². The second-order valence-electron chi connectivity index (χ2n) is 5.85. The Balaban J connectivity index is 0.000000821. The van der Waals surface area contributed by atoms with E-state index in [2.05, 4.69) is 369 Å². The molecule has 3 N–H and O–H groups in total. The Morgan fingerprint density at radius 3 is 1.14 bits per heavy atom. The Morgan fingerprint density at radius 1 is 0.612 bits per heavy atom. The second-order valence-corrected chi connectivity index (χ2v) is 851. The molecule has 0 aromatic carbocycles. The predicted molar refractivity (Wildman–Crippen MR) is 541 cm³/mol. The zero-order valence-corrected chi connectivity index (χ0v) is 100.0. The van der Waals surface area contributed by atoms with Gasteiger partial charge in [-0.1, -0.05) is 0 Å². The molecule has 1 aliphatic rings. The van der Waals surface area contributed by atoms with Crippen molar-refractivity contribution in [1.29, 1.82) is 0 Å². The summed E-state index contributed by atoms with van der Waals surface area (Å²) in [6.07, 6.45) is -0.689. The fraction of sp³-hybridized carbons (Fsp3) is 0.667. The number of hydrogen-bond donors (Lipinski definition) is 2. The average molecular weight is 4870 g/mol. The average Bonchev–Trinajstić information content (AvgIpc) is 3.48. The van der Waals surface area contributed by atoms with Crippen LogP contribution in [0.1, 0.15) is 12.1 Å². The van der Waals surface area contributed by atoms with Gasteiger partial charge in [-0.25, -0.2) is 8.78 Å². The summed E-state index contributed by atoms with van der Waals surface area (Å²) >= 11 is 61.5. The van der Waals surface area contributed by atoms with E-state index in [4.69, 9.17) is 5.73 Å². The van der Waals surface area contributed by atoms with Crippen LogP contribution < -0.4 is 19.0 Å². The molecule has 4 nitrogen and oxygen atoms in total. The number of nitrogens with zero attached hydrogens (tertiary/aromatic N) is 2. The van der Waals surface area contributed by atoms with Crippen LogP contribution in [0.3, 0.4) is 0 Å². The maximum atomic E-state index is 12.2. The normalized spacial score (nSPS) is 22.3. The summed E-state index contributed by atoms with van der Waals surface area (Å²) in [5.74, 6) is -0.761. The molecule has 0 amide bonds. The maximum absolute atomic E-state index is 12.2. The number of aromatic amines is 1. The number of nitrogens with one attached hydrogen (secondary N) is 1. The summed E-state index contributed by atoms with van der Waals surface area (Å²) in [6, 6.07) is 0. The molecule has 1 aromatic heterocycles. The zero-order valence-electron chi connectivity index (χ0n) is 20.2. The molecule has 49 heavy (non-hydrogen) atoms. The largest absolute Gasteiger partial charge is 0.320 e. The van der Waals surface area contributed by atoms with Crippen molar-refractivity contribution in [3.05, 3.63) is 11.9 Å². The van der Waals surface area contributed by atoms with Crippen LogP contribution in [-0.4, -0.2) is 21.8 Å². The number of rotatable bonds is 19. The van der Waals surface area contributed by atoms with Gasteiger partial charge in [-0.3, -0.25) is 0 Å². The minimum absolute atomic E-state index is 0.289. The van der Waals surface area contributed by atoms with Crippen molar-refractivity contribution < 1.29 is 22.0 Å². The number of aromatic nitrogens is 3. The Labute approximate surface area is 537 Å². The van der Waals surface area contributed by atoms with Crippen molar-refractivity contribution in [2.75, 3.05) is 0 Å². The second kappa shape index (κ2) is 41.0. The smallest absolute Gasteiger partial charge is 0.243 e. The summed E-state index contributed by atoms with van der Waals surface area (Å²) in [7, 11) is -8.19. The van der Waals surface area contributed by atoms with Gasteiger partial charge in [0.15, 0.2) is 0 Å². The molecule has 1 saturated carbocycles. The molecule has 1 aromatic rings. The van der Waals surface area contributed by atoms with E-state index in [1.165, 1.54) is 6.20 Å². The molecule has 1 fully saturated rings. The van der Waals surface area contributed by atoms with Crippen molar-refractivity contribution >= 4 is 488 Å².